The molecule has 0 heterocycles. The smallest absolute Gasteiger partial charge is 0.255 e. The molecular weight excluding hydrogens is 338 g/mol. The Morgan fingerprint density at radius 2 is 1.80 bits per heavy atom. The van der Waals surface area contributed by atoms with Gasteiger partial charge in [-0.2, -0.15) is 0 Å². The van der Waals surface area contributed by atoms with Crippen molar-refractivity contribution < 1.29 is 13.2 Å². The monoisotopic (exact) mass is 361 g/mol. The first-order valence-corrected chi connectivity index (χ1v) is 9.39. The summed E-state index contributed by atoms with van der Waals surface area (Å²) >= 11 is 0. The van der Waals surface area contributed by atoms with Gasteiger partial charge in [-0.25, -0.2) is 13.1 Å². The van der Waals surface area contributed by atoms with Gasteiger partial charge >= 0.3 is 0 Å². The summed E-state index contributed by atoms with van der Waals surface area (Å²) in [6, 6.07) is 13.4. The Labute approximate surface area is 148 Å². The maximum absolute atomic E-state index is 12.4. The Balaban J connectivity index is 2.15. The minimum Gasteiger partial charge on any atom is -0.322 e. The molecule has 0 bridgehead atoms. The zero-order chi connectivity index (χ0) is 18.4. The van der Waals surface area contributed by atoms with Gasteiger partial charge in [-0.3, -0.25) is 4.79 Å². The Morgan fingerprint density at radius 1 is 1.08 bits per heavy atom. The molecule has 0 aliphatic heterocycles. The number of sulfonamides is 1. The molecule has 25 heavy (non-hydrogen) atoms. The highest BCUT2D eigenvalue weighted by molar-refractivity contribution is 7.89. The van der Waals surface area contributed by atoms with Gasteiger partial charge in [-0.05, 0) is 50.8 Å². The fourth-order valence-electron chi connectivity index (χ4n) is 2.20. The number of nitrogens with zero attached hydrogens (tertiary/aromatic N) is 1. The van der Waals surface area contributed by atoms with Crippen molar-refractivity contribution in [1.82, 2.24) is 9.62 Å². The molecule has 0 atom stereocenters. The van der Waals surface area contributed by atoms with Crippen molar-refractivity contribution in [3.8, 4) is 0 Å². The first kappa shape index (κ1) is 19.1. The van der Waals surface area contributed by atoms with Gasteiger partial charge in [-0.15, -0.1) is 0 Å². The number of anilines is 1. The second-order valence-electron chi connectivity index (χ2n) is 6.00. The topological polar surface area (TPSA) is 78.5 Å². The number of benzene rings is 2. The second kappa shape index (κ2) is 8.24. The molecule has 1 amide bonds. The van der Waals surface area contributed by atoms with E-state index in [1.165, 1.54) is 12.1 Å². The normalized spacial score (nSPS) is 11.5. The second-order valence-corrected chi connectivity index (χ2v) is 7.76. The molecule has 0 saturated carbocycles. The van der Waals surface area contributed by atoms with Crippen molar-refractivity contribution in [3.05, 3.63) is 59.7 Å². The van der Waals surface area contributed by atoms with Gasteiger partial charge in [0, 0.05) is 24.3 Å². The van der Waals surface area contributed by atoms with Crippen LogP contribution in [-0.4, -0.2) is 46.4 Å². The lowest BCUT2D eigenvalue weighted by atomic mass is 10.1. The lowest BCUT2D eigenvalue weighted by Crippen LogP contribution is -2.31. The SMILES string of the molecule is Cc1ccccc1NC(=O)c1cccc(S(=O)(=O)NCCN(C)C)c1. The molecule has 2 aromatic carbocycles. The quantitative estimate of drug-likeness (QED) is 0.791. The lowest BCUT2D eigenvalue weighted by Gasteiger charge is -2.12. The van der Waals surface area contributed by atoms with Gasteiger partial charge in [0.1, 0.15) is 0 Å². The van der Waals surface area contributed by atoms with Crippen LogP contribution in [0.2, 0.25) is 0 Å². The van der Waals surface area contributed by atoms with Gasteiger partial charge in [-0.1, -0.05) is 24.3 Å². The van der Waals surface area contributed by atoms with Crippen LogP contribution in [0.4, 0.5) is 5.69 Å². The van der Waals surface area contributed by atoms with Gasteiger partial charge in [0.2, 0.25) is 10.0 Å². The molecule has 0 aliphatic rings. The Bertz CT molecular complexity index is 848. The van der Waals surface area contributed by atoms with Crippen LogP contribution in [-0.2, 0) is 10.0 Å². The summed E-state index contributed by atoms with van der Waals surface area (Å²) < 4.78 is 27.2. The van der Waals surface area contributed by atoms with Crippen LogP contribution in [0.25, 0.3) is 0 Å². The van der Waals surface area contributed by atoms with Crippen molar-refractivity contribution in [3.63, 3.8) is 0 Å². The average Bonchev–Trinajstić information content (AvgIpc) is 2.56. The van der Waals surface area contributed by atoms with E-state index >= 15 is 0 Å². The molecule has 0 aromatic heterocycles. The van der Waals surface area contributed by atoms with E-state index < -0.39 is 10.0 Å². The Kier molecular flexibility index (Phi) is 6.30. The summed E-state index contributed by atoms with van der Waals surface area (Å²) in [5.41, 5.74) is 1.92. The maximum Gasteiger partial charge on any atom is 0.255 e. The van der Waals surface area contributed by atoms with E-state index in [0.717, 1.165) is 5.56 Å². The molecule has 7 heteroatoms. The number of nitrogens with one attached hydrogen (secondary N) is 2. The number of hydrogen-bond acceptors (Lipinski definition) is 4. The maximum atomic E-state index is 12.4. The number of aryl methyl sites for hydroxylation is 1. The summed E-state index contributed by atoms with van der Waals surface area (Å²) in [7, 11) is 0.0821. The molecule has 2 rings (SSSR count). The zero-order valence-corrected chi connectivity index (χ0v) is 15.4. The third-order valence-corrected chi connectivity index (χ3v) is 5.11. The van der Waals surface area contributed by atoms with Crippen LogP contribution < -0.4 is 10.0 Å². The number of carbonyl (C=O) groups is 1. The summed E-state index contributed by atoms with van der Waals surface area (Å²) in [6.07, 6.45) is 0. The van der Waals surface area contributed by atoms with Crippen molar-refractivity contribution in [1.29, 1.82) is 0 Å². The molecule has 0 radical (unpaired) electrons. The van der Waals surface area contributed by atoms with Crippen molar-refractivity contribution in [2.75, 3.05) is 32.5 Å². The number of para-hydroxylation sites is 1. The van der Waals surface area contributed by atoms with E-state index in [2.05, 4.69) is 10.0 Å². The molecule has 2 N–H and O–H groups in total. The summed E-state index contributed by atoms with van der Waals surface area (Å²) in [5.74, 6) is -0.348. The Morgan fingerprint density at radius 3 is 2.48 bits per heavy atom. The highest BCUT2D eigenvalue weighted by Crippen LogP contribution is 2.16. The predicted molar refractivity (Wildman–Crippen MR) is 99.3 cm³/mol. The van der Waals surface area contributed by atoms with E-state index in [1.807, 2.05) is 44.1 Å². The largest absolute Gasteiger partial charge is 0.322 e. The molecule has 0 fully saturated rings. The van der Waals surface area contributed by atoms with E-state index in [0.29, 0.717) is 24.3 Å². The van der Waals surface area contributed by atoms with Crippen LogP contribution in [0, 0.1) is 6.92 Å². The van der Waals surface area contributed by atoms with Crippen LogP contribution in [0.1, 0.15) is 15.9 Å². The fraction of sp³-hybridized carbons (Fsp3) is 0.278. The molecule has 0 aliphatic carbocycles. The fourth-order valence-corrected chi connectivity index (χ4v) is 3.27. The van der Waals surface area contributed by atoms with Gasteiger partial charge < -0.3 is 10.2 Å². The number of hydrogen-bond donors (Lipinski definition) is 2. The molecule has 0 spiro atoms. The summed E-state index contributed by atoms with van der Waals surface area (Å²) in [5, 5.41) is 2.80. The first-order valence-electron chi connectivity index (χ1n) is 7.91. The number of carbonyl (C=O) groups excluding carboxylic acids is 1. The third kappa shape index (κ3) is 5.38. The van der Waals surface area contributed by atoms with Crippen LogP contribution in [0.15, 0.2) is 53.4 Å². The van der Waals surface area contributed by atoms with E-state index in [9.17, 15) is 13.2 Å². The minimum atomic E-state index is -3.65. The highest BCUT2D eigenvalue weighted by Gasteiger charge is 2.16. The molecular formula is C18H23N3O3S. The lowest BCUT2D eigenvalue weighted by molar-refractivity contribution is 0.102. The van der Waals surface area contributed by atoms with Gasteiger partial charge in [0.05, 0.1) is 4.90 Å². The van der Waals surface area contributed by atoms with Gasteiger partial charge in [0.15, 0.2) is 0 Å². The van der Waals surface area contributed by atoms with Crippen LogP contribution in [0.3, 0.4) is 0 Å². The van der Waals surface area contributed by atoms with Crippen molar-refractivity contribution >= 4 is 21.6 Å². The van der Waals surface area contributed by atoms with Crippen LogP contribution >= 0.6 is 0 Å². The van der Waals surface area contributed by atoms with E-state index in [-0.39, 0.29) is 10.8 Å². The third-order valence-electron chi connectivity index (χ3n) is 3.65. The average molecular weight is 361 g/mol. The number of likely N-dealkylation sites (N-methyl/N-ethyl adjacent to an activating group) is 1. The Hall–Kier alpha value is -2.22. The summed E-state index contributed by atoms with van der Waals surface area (Å²) in [4.78, 5) is 14.4. The number of amides is 1. The highest BCUT2D eigenvalue weighted by atomic mass is 32.2. The standard InChI is InChI=1S/C18H23N3O3S/c1-14-7-4-5-10-17(14)20-18(22)15-8-6-9-16(13-15)25(23,24)19-11-12-21(2)3/h4-10,13,19H,11-12H2,1-3H3,(H,20,22). The molecule has 134 valence electrons. The minimum absolute atomic E-state index is 0.0729. The van der Waals surface area contributed by atoms with Crippen molar-refractivity contribution in [2.45, 2.75) is 11.8 Å². The molecule has 0 unspecified atom stereocenters. The number of rotatable bonds is 7. The predicted octanol–water partition coefficient (Wildman–Crippen LogP) is 2.09. The van der Waals surface area contributed by atoms with Crippen molar-refractivity contribution in [2.24, 2.45) is 0 Å². The van der Waals surface area contributed by atoms with E-state index in [1.54, 1.807) is 18.2 Å². The van der Waals surface area contributed by atoms with Crippen LogP contribution in [0.5, 0.6) is 0 Å². The zero-order valence-electron chi connectivity index (χ0n) is 14.6. The summed E-state index contributed by atoms with van der Waals surface area (Å²) in [6.45, 7) is 2.78. The molecule has 2 aromatic rings. The first-order chi connectivity index (χ1) is 11.8. The molecule has 6 nitrogen and oxygen atoms in total. The van der Waals surface area contributed by atoms with E-state index in [4.69, 9.17) is 0 Å². The van der Waals surface area contributed by atoms with Gasteiger partial charge in [0.25, 0.3) is 5.91 Å². The molecule has 0 saturated heterocycles.